The highest BCUT2D eigenvalue weighted by atomic mass is 32.1. The lowest BCUT2D eigenvalue weighted by Gasteiger charge is -1.99. The minimum Gasteiger partial charge on any atom is -0.497 e. The van der Waals surface area contributed by atoms with Crippen LogP contribution in [0.25, 0.3) is 20.8 Å². The zero-order chi connectivity index (χ0) is 13.5. The van der Waals surface area contributed by atoms with Crippen molar-refractivity contribution in [1.82, 2.24) is 4.98 Å². The SMILES string of the molecule is COc1ccc(-c2nc3cc4c(cc3s2)CCC4)cc1. The molecule has 1 heterocycles. The Labute approximate surface area is 122 Å². The lowest BCUT2D eigenvalue weighted by Crippen LogP contribution is -1.82. The summed E-state index contributed by atoms with van der Waals surface area (Å²) in [6.45, 7) is 0. The van der Waals surface area contributed by atoms with Gasteiger partial charge in [0, 0.05) is 5.56 Å². The average Bonchev–Trinajstić information content (AvgIpc) is 3.10. The number of hydrogen-bond donors (Lipinski definition) is 0. The number of ether oxygens (including phenoxy) is 1. The standard InChI is InChI=1S/C17H15NOS/c1-19-14-7-5-11(6-8-14)17-18-15-9-12-3-2-4-13(12)10-16(15)20-17/h5-10H,2-4H2,1H3. The highest BCUT2D eigenvalue weighted by molar-refractivity contribution is 7.21. The van der Waals surface area contributed by atoms with Crippen LogP contribution in [0.4, 0.5) is 0 Å². The number of hydrogen-bond acceptors (Lipinski definition) is 3. The zero-order valence-electron chi connectivity index (χ0n) is 11.3. The van der Waals surface area contributed by atoms with Crippen LogP contribution in [0.15, 0.2) is 36.4 Å². The highest BCUT2D eigenvalue weighted by Gasteiger charge is 2.14. The van der Waals surface area contributed by atoms with E-state index in [4.69, 9.17) is 9.72 Å². The summed E-state index contributed by atoms with van der Waals surface area (Å²) in [5, 5.41) is 1.09. The second kappa shape index (κ2) is 4.60. The Morgan fingerprint density at radius 1 is 1.05 bits per heavy atom. The second-order valence-corrected chi connectivity index (χ2v) is 6.22. The van der Waals surface area contributed by atoms with E-state index in [-0.39, 0.29) is 0 Å². The maximum atomic E-state index is 5.20. The van der Waals surface area contributed by atoms with Crippen molar-refractivity contribution in [1.29, 1.82) is 0 Å². The summed E-state index contributed by atoms with van der Waals surface area (Å²) in [5.41, 5.74) is 5.31. The Morgan fingerprint density at radius 2 is 1.80 bits per heavy atom. The van der Waals surface area contributed by atoms with E-state index in [1.54, 1.807) is 18.4 Å². The van der Waals surface area contributed by atoms with Crippen molar-refractivity contribution >= 4 is 21.6 Å². The molecule has 4 rings (SSSR count). The topological polar surface area (TPSA) is 22.1 Å². The van der Waals surface area contributed by atoms with Crippen LogP contribution in [0, 0.1) is 0 Å². The van der Waals surface area contributed by atoms with Crippen LogP contribution in [0.1, 0.15) is 17.5 Å². The molecule has 2 aromatic carbocycles. The van der Waals surface area contributed by atoms with Gasteiger partial charge in [0.15, 0.2) is 0 Å². The van der Waals surface area contributed by atoms with Gasteiger partial charge in [-0.2, -0.15) is 0 Å². The molecule has 0 radical (unpaired) electrons. The number of aryl methyl sites for hydroxylation is 2. The Hall–Kier alpha value is -1.87. The number of benzene rings is 2. The molecule has 1 aliphatic carbocycles. The highest BCUT2D eigenvalue weighted by Crippen LogP contribution is 2.34. The quantitative estimate of drug-likeness (QED) is 0.692. The number of fused-ring (bicyclic) bond motifs is 2. The fourth-order valence-electron chi connectivity index (χ4n) is 2.85. The van der Waals surface area contributed by atoms with Crippen molar-refractivity contribution in [3.8, 4) is 16.3 Å². The van der Waals surface area contributed by atoms with E-state index in [1.165, 1.54) is 35.1 Å². The first-order valence-corrected chi connectivity index (χ1v) is 7.72. The molecule has 0 N–H and O–H groups in total. The van der Waals surface area contributed by atoms with Crippen LogP contribution >= 0.6 is 11.3 Å². The Balaban J connectivity index is 1.80. The lowest BCUT2D eigenvalue weighted by atomic mass is 10.1. The second-order valence-electron chi connectivity index (χ2n) is 5.19. The molecular weight excluding hydrogens is 266 g/mol. The van der Waals surface area contributed by atoms with E-state index in [2.05, 4.69) is 24.3 Å². The van der Waals surface area contributed by atoms with Gasteiger partial charge in [-0.15, -0.1) is 11.3 Å². The minimum atomic E-state index is 0.883. The molecule has 100 valence electrons. The predicted molar refractivity (Wildman–Crippen MR) is 83.6 cm³/mol. The first kappa shape index (κ1) is 11.9. The first-order valence-electron chi connectivity index (χ1n) is 6.90. The van der Waals surface area contributed by atoms with E-state index in [0.29, 0.717) is 0 Å². The van der Waals surface area contributed by atoms with Crippen LogP contribution in [-0.2, 0) is 12.8 Å². The fraction of sp³-hybridized carbons (Fsp3) is 0.235. The maximum absolute atomic E-state index is 5.20. The Morgan fingerprint density at radius 3 is 2.55 bits per heavy atom. The summed E-state index contributed by atoms with van der Waals surface area (Å²) >= 11 is 1.78. The smallest absolute Gasteiger partial charge is 0.124 e. The van der Waals surface area contributed by atoms with Gasteiger partial charge >= 0.3 is 0 Å². The van der Waals surface area contributed by atoms with Crippen LogP contribution in [0.2, 0.25) is 0 Å². The third kappa shape index (κ3) is 1.90. The van der Waals surface area contributed by atoms with E-state index in [1.807, 2.05) is 12.1 Å². The van der Waals surface area contributed by atoms with E-state index >= 15 is 0 Å². The van der Waals surface area contributed by atoms with Crippen LogP contribution in [0.3, 0.4) is 0 Å². The largest absolute Gasteiger partial charge is 0.497 e. The molecule has 20 heavy (non-hydrogen) atoms. The van der Waals surface area contributed by atoms with Crippen molar-refractivity contribution in [3.63, 3.8) is 0 Å². The summed E-state index contributed by atoms with van der Waals surface area (Å²) in [7, 11) is 1.69. The number of nitrogens with zero attached hydrogens (tertiary/aromatic N) is 1. The van der Waals surface area contributed by atoms with Gasteiger partial charge in [-0.25, -0.2) is 4.98 Å². The van der Waals surface area contributed by atoms with Gasteiger partial charge in [0.1, 0.15) is 10.8 Å². The van der Waals surface area contributed by atoms with Gasteiger partial charge in [-0.05, 0) is 66.8 Å². The zero-order valence-corrected chi connectivity index (χ0v) is 12.2. The molecule has 1 aromatic heterocycles. The van der Waals surface area contributed by atoms with Crippen molar-refractivity contribution < 1.29 is 4.74 Å². The predicted octanol–water partition coefficient (Wildman–Crippen LogP) is 4.46. The molecule has 0 fully saturated rings. The number of thiazole rings is 1. The average molecular weight is 281 g/mol. The summed E-state index contributed by atoms with van der Waals surface area (Å²) < 4.78 is 6.50. The molecule has 0 spiro atoms. The van der Waals surface area contributed by atoms with E-state index in [0.717, 1.165) is 21.8 Å². The van der Waals surface area contributed by atoms with Crippen LogP contribution < -0.4 is 4.74 Å². The molecule has 1 aliphatic rings. The number of rotatable bonds is 2. The molecule has 0 amide bonds. The molecule has 0 saturated heterocycles. The first-order chi connectivity index (χ1) is 9.83. The molecule has 3 aromatic rings. The van der Waals surface area contributed by atoms with Gasteiger partial charge < -0.3 is 4.74 Å². The molecule has 0 atom stereocenters. The monoisotopic (exact) mass is 281 g/mol. The summed E-state index contributed by atoms with van der Waals surface area (Å²) in [5.74, 6) is 0.883. The molecule has 0 unspecified atom stereocenters. The lowest BCUT2D eigenvalue weighted by molar-refractivity contribution is 0.415. The number of methoxy groups -OCH3 is 1. The van der Waals surface area contributed by atoms with E-state index in [9.17, 15) is 0 Å². The van der Waals surface area contributed by atoms with Gasteiger partial charge in [0.25, 0.3) is 0 Å². The third-order valence-electron chi connectivity index (χ3n) is 3.94. The number of aromatic nitrogens is 1. The van der Waals surface area contributed by atoms with Gasteiger partial charge in [-0.1, -0.05) is 0 Å². The van der Waals surface area contributed by atoms with Gasteiger partial charge in [-0.3, -0.25) is 0 Å². The summed E-state index contributed by atoms with van der Waals surface area (Å²) in [4.78, 5) is 4.79. The third-order valence-corrected chi connectivity index (χ3v) is 5.01. The molecule has 2 nitrogen and oxygen atoms in total. The molecular formula is C17H15NOS. The van der Waals surface area contributed by atoms with Crippen molar-refractivity contribution in [3.05, 3.63) is 47.5 Å². The Kier molecular flexibility index (Phi) is 2.74. The molecule has 0 aliphatic heterocycles. The van der Waals surface area contributed by atoms with Gasteiger partial charge in [0.2, 0.25) is 0 Å². The van der Waals surface area contributed by atoms with Crippen molar-refractivity contribution in [2.75, 3.05) is 7.11 Å². The fourth-order valence-corrected chi connectivity index (χ4v) is 3.87. The minimum absolute atomic E-state index is 0.883. The summed E-state index contributed by atoms with van der Waals surface area (Å²) in [6, 6.07) is 12.7. The van der Waals surface area contributed by atoms with E-state index < -0.39 is 0 Å². The van der Waals surface area contributed by atoms with Crippen LogP contribution in [0.5, 0.6) is 5.75 Å². The Bertz CT molecular complexity index is 733. The molecule has 0 bridgehead atoms. The van der Waals surface area contributed by atoms with Crippen molar-refractivity contribution in [2.24, 2.45) is 0 Å². The molecule has 3 heteroatoms. The maximum Gasteiger partial charge on any atom is 0.124 e. The summed E-state index contributed by atoms with van der Waals surface area (Å²) in [6.07, 6.45) is 3.72. The normalized spacial score (nSPS) is 13.7. The van der Waals surface area contributed by atoms with Gasteiger partial charge in [0.05, 0.1) is 17.3 Å². The van der Waals surface area contributed by atoms with Crippen molar-refractivity contribution in [2.45, 2.75) is 19.3 Å². The van der Waals surface area contributed by atoms with Crippen LogP contribution in [-0.4, -0.2) is 12.1 Å². The molecule has 0 saturated carbocycles.